The largest absolute Gasteiger partial charge is 0.336 e. The zero-order valence-electron chi connectivity index (χ0n) is 19.7. The van der Waals surface area contributed by atoms with Crippen molar-refractivity contribution in [2.75, 3.05) is 13.1 Å². The molecule has 1 fully saturated rings. The highest BCUT2D eigenvalue weighted by Crippen LogP contribution is 2.40. The standard InChI is InChI=1S/C26H22F2N8S/c27-26(28)4-6-36(14-26)13-15-8-16(11-29-10-15)19-9-17-20(12-31-19)34-35-22(17)25-32-18-3-5-30-24(23(18)33-25)21-2-1-7-37-21/h1,3,5,7-12,21H,2,4,6,13-14H2,(H,32,33)(H,34,35). The van der Waals surface area contributed by atoms with E-state index in [9.17, 15) is 8.78 Å². The number of pyridine rings is 3. The number of fused-ring (bicyclic) bond motifs is 2. The van der Waals surface area contributed by atoms with E-state index in [0.717, 1.165) is 50.9 Å². The summed E-state index contributed by atoms with van der Waals surface area (Å²) in [5.74, 6) is -1.96. The highest BCUT2D eigenvalue weighted by atomic mass is 32.2. The number of aromatic nitrogens is 7. The van der Waals surface area contributed by atoms with Gasteiger partial charge in [0.1, 0.15) is 11.2 Å². The summed E-state index contributed by atoms with van der Waals surface area (Å²) in [7, 11) is 0. The Kier molecular flexibility index (Phi) is 5.29. The van der Waals surface area contributed by atoms with E-state index < -0.39 is 5.92 Å². The minimum absolute atomic E-state index is 0.0999. The van der Waals surface area contributed by atoms with E-state index in [1.807, 2.05) is 24.4 Å². The molecule has 1 unspecified atom stereocenters. The van der Waals surface area contributed by atoms with E-state index >= 15 is 0 Å². The van der Waals surface area contributed by atoms with Gasteiger partial charge in [-0.2, -0.15) is 5.10 Å². The molecular formula is C26H22F2N8S. The topological polar surface area (TPSA) is 99.3 Å². The third-order valence-electron chi connectivity index (χ3n) is 6.84. The van der Waals surface area contributed by atoms with Crippen LogP contribution in [0.25, 0.3) is 44.7 Å². The maximum atomic E-state index is 13.6. The number of alkyl halides is 2. The molecule has 0 spiro atoms. The molecule has 1 saturated heterocycles. The van der Waals surface area contributed by atoms with E-state index in [2.05, 4.69) is 41.6 Å². The molecule has 7 rings (SSSR count). The predicted octanol–water partition coefficient (Wildman–Crippen LogP) is 5.49. The SMILES string of the molecule is FC1(F)CCN(Cc2cncc(-c3cc4c(-c5nc6c(C7CC=CS7)nccc6[nH]5)n[nH]c4cn3)c2)C1. The fourth-order valence-electron chi connectivity index (χ4n) is 5.03. The van der Waals surface area contributed by atoms with Crippen LogP contribution in [0, 0.1) is 0 Å². The summed E-state index contributed by atoms with van der Waals surface area (Å²) in [6.45, 7) is 0.592. The van der Waals surface area contributed by atoms with Gasteiger partial charge in [-0.05, 0) is 35.6 Å². The van der Waals surface area contributed by atoms with Gasteiger partial charge < -0.3 is 4.98 Å². The van der Waals surface area contributed by atoms with Crippen molar-refractivity contribution in [3.05, 3.63) is 65.7 Å². The first-order chi connectivity index (χ1) is 18.0. The number of thioether (sulfide) groups is 1. The molecule has 5 aromatic rings. The van der Waals surface area contributed by atoms with Crippen LogP contribution >= 0.6 is 11.8 Å². The number of imidazole rings is 1. The second-order valence-electron chi connectivity index (χ2n) is 9.50. The van der Waals surface area contributed by atoms with Crippen molar-refractivity contribution in [2.45, 2.75) is 30.6 Å². The van der Waals surface area contributed by atoms with Crippen LogP contribution in [0.2, 0.25) is 0 Å². The number of likely N-dealkylation sites (tertiary alicyclic amines) is 1. The molecule has 37 heavy (non-hydrogen) atoms. The summed E-state index contributed by atoms with van der Waals surface area (Å²) < 4.78 is 27.2. The Bertz CT molecular complexity index is 1650. The first kappa shape index (κ1) is 22.5. The fourth-order valence-corrected chi connectivity index (χ4v) is 5.97. The van der Waals surface area contributed by atoms with Crippen LogP contribution < -0.4 is 0 Å². The Morgan fingerprint density at radius 1 is 1.14 bits per heavy atom. The van der Waals surface area contributed by atoms with Gasteiger partial charge in [-0.25, -0.2) is 13.8 Å². The third kappa shape index (κ3) is 4.17. The lowest BCUT2D eigenvalue weighted by atomic mass is 10.1. The quantitative estimate of drug-likeness (QED) is 0.319. The van der Waals surface area contributed by atoms with E-state index in [1.165, 1.54) is 0 Å². The number of hydrogen-bond acceptors (Lipinski definition) is 7. The molecule has 0 bridgehead atoms. The Morgan fingerprint density at radius 2 is 2.08 bits per heavy atom. The average molecular weight is 517 g/mol. The monoisotopic (exact) mass is 516 g/mol. The van der Waals surface area contributed by atoms with Crippen LogP contribution in [0.3, 0.4) is 0 Å². The van der Waals surface area contributed by atoms with Gasteiger partial charge in [0, 0.05) is 49.1 Å². The van der Waals surface area contributed by atoms with Gasteiger partial charge in [-0.15, -0.1) is 11.8 Å². The maximum absolute atomic E-state index is 13.6. The van der Waals surface area contributed by atoms with Crippen LogP contribution in [-0.2, 0) is 6.54 Å². The van der Waals surface area contributed by atoms with Crippen LogP contribution in [0.1, 0.15) is 29.3 Å². The fraction of sp³-hybridized carbons (Fsp3) is 0.269. The van der Waals surface area contributed by atoms with Crippen molar-refractivity contribution in [3.63, 3.8) is 0 Å². The van der Waals surface area contributed by atoms with Crippen molar-refractivity contribution >= 4 is 33.7 Å². The lowest BCUT2D eigenvalue weighted by molar-refractivity contribution is 0.0115. The zero-order valence-corrected chi connectivity index (χ0v) is 20.5. The molecule has 11 heteroatoms. The summed E-state index contributed by atoms with van der Waals surface area (Å²) in [6, 6.07) is 5.85. The van der Waals surface area contributed by atoms with Gasteiger partial charge in [-0.3, -0.25) is 25.0 Å². The second kappa shape index (κ2) is 8.70. The number of halogens is 2. The normalized spacial score (nSPS) is 19.5. The number of hydrogen-bond donors (Lipinski definition) is 2. The van der Waals surface area contributed by atoms with E-state index in [1.54, 1.807) is 35.3 Å². The van der Waals surface area contributed by atoms with Crippen molar-refractivity contribution < 1.29 is 8.78 Å². The van der Waals surface area contributed by atoms with Crippen molar-refractivity contribution in [2.24, 2.45) is 0 Å². The van der Waals surface area contributed by atoms with E-state index in [-0.39, 0.29) is 18.2 Å². The Morgan fingerprint density at radius 3 is 2.92 bits per heavy atom. The molecule has 1 atom stereocenters. The minimum Gasteiger partial charge on any atom is -0.336 e. The van der Waals surface area contributed by atoms with Crippen molar-refractivity contribution in [3.8, 4) is 22.8 Å². The van der Waals surface area contributed by atoms with Crippen LogP contribution in [0.4, 0.5) is 8.78 Å². The number of allylic oxidation sites excluding steroid dienone is 1. The highest BCUT2D eigenvalue weighted by molar-refractivity contribution is 8.02. The molecule has 0 radical (unpaired) electrons. The van der Waals surface area contributed by atoms with Crippen LogP contribution in [0.5, 0.6) is 0 Å². The molecule has 186 valence electrons. The van der Waals surface area contributed by atoms with Crippen molar-refractivity contribution in [1.29, 1.82) is 0 Å². The maximum Gasteiger partial charge on any atom is 0.261 e. The molecule has 2 aliphatic rings. The minimum atomic E-state index is -2.62. The first-order valence-corrected chi connectivity index (χ1v) is 13.0. The van der Waals surface area contributed by atoms with Gasteiger partial charge in [0.15, 0.2) is 5.82 Å². The first-order valence-electron chi connectivity index (χ1n) is 12.1. The molecule has 0 aromatic carbocycles. The average Bonchev–Trinajstić information content (AvgIpc) is 3.69. The van der Waals surface area contributed by atoms with Crippen LogP contribution in [0.15, 0.2) is 54.5 Å². The Labute approximate surface area is 214 Å². The van der Waals surface area contributed by atoms with Gasteiger partial charge in [0.2, 0.25) is 0 Å². The smallest absolute Gasteiger partial charge is 0.261 e. The second-order valence-corrected chi connectivity index (χ2v) is 10.6. The van der Waals surface area contributed by atoms with E-state index in [4.69, 9.17) is 4.98 Å². The lowest BCUT2D eigenvalue weighted by Gasteiger charge is -2.15. The van der Waals surface area contributed by atoms with Crippen LogP contribution in [-0.4, -0.2) is 59.0 Å². The number of H-pyrrole nitrogens is 2. The molecule has 5 aromatic heterocycles. The van der Waals surface area contributed by atoms with Gasteiger partial charge in [0.05, 0.1) is 40.4 Å². The molecule has 8 nitrogen and oxygen atoms in total. The molecule has 0 amide bonds. The molecule has 2 N–H and O–H groups in total. The number of nitrogens with zero attached hydrogens (tertiary/aromatic N) is 6. The Balaban J connectivity index is 1.23. The molecule has 2 aliphatic heterocycles. The summed E-state index contributed by atoms with van der Waals surface area (Å²) in [5, 5.41) is 10.8. The zero-order chi connectivity index (χ0) is 25.0. The molecule has 0 aliphatic carbocycles. The lowest BCUT2D eigenvalue weighted by Crippen LogP contribution is -2.24. The molecule has 7 heterocycles. The number of nitrogens with one attached hydrogen (secondary N) is 2. The summed E-state index contributed by atoms with van der Waals surface area (Å²) in [5.41, 5.74) is 6.65. The number of aromatic amines is 2. The van der Waals surface area contributed by atoms with Crippen molar-refractivity contribution in [1.82, 2.24) is 40.0 Å². The summed E-state index contributed by atoms with van der Waals surface area (Å²) in [4.78, 5) is 23.6. The van der Waals surface area contributed by atoms with Gasteiger partial charge >= 0.3 is 0 Å². The third-order valence-corrected chi connectivity index (χ3v) is 7.93. The Hall–Kier alpha value is -3.70. The van der Waals surface area contributed by atoms with Gasteiger partial charge in [0.25, 0.3) is 5.92 Å². The summed E-state index contributed by atoms with van der Waals surface area (Å²) >= 11 is 1.76. The van der Waals surface area contributed by atoms with Gasteiger partial charge in [-0.1, -0.05) is 6.08 Å². The predicted molar refractivity (Wildman–Crippen MR) is 139 cm³/mol. The van der Waals surface area contributed by atoms with E-state index in [0.29, 0.717) is 24.6 Å². The highest BCUT2D eigenvalue weighted by Gasteiger charge is 2.37. The molecular weight excluding hydrogens is 494 g/mol. The summed E-state index contributed by atoms with van der Waals surface area (Å²) in [6.07, 6.45) is 10.0. The molecule has 0 saturated carbocycles. The number of rotatable bonds is 5.